The maximum Gasteiger partial charge on any atom is 0.181 e. The second-order valence-corrected chi connectivity index (χ2v) is 14.2. The molecule has 230 valence electrons. The lowest BCUT2D eigenvalue weighted by molar-refractivity contribution is 0.489. The van der Waals surface area contributed by atoms with Crippen molar-refractivity contribution in [1.29, 1.82) is 0 Å². The molecule has 0 saturated heterocycles. The Bertz CT molecular complexity index is 2120. The van der Waals surface area contributed by atoms with Crippen molar-refractivity contribution in [1.82, 2.24) is 40.4 Å². The van der Waals surface area contributed by atoms with Gasteiger partial charge in [0.25, 0.3) is 0 Å². The summed E-state index contributed by atoms with van der Waals surface area (Å²) in [5.41, 5.74) is 7.26. The number of nitrogens with one attached hydrogen (secondary N) is 3. The van der Waals surface area contributed by atoms with Gasteiger partial charge in [0.2, 0.25) is 0 Å². The molecule has 45 heavy (non-hydrogen) atoms. The Hall–Kier alpha value is -4.55. The molecule has 0 atom stereocenters. The van der Waals surface area contributed by atoms with E-state index in [1.54, 1.807) is 24.7 Å². The summed E-state index contributed by atoms with van der Waals surface area (Å²) in [5.74, 6) is 0.795. The van der Waals surface area contributed by atoms with E-state index in [0.29, 0.717) is 44.9 Å². The van der Waals surface area contributed by atoms with Crippen LogP contribution in [-0.4, -0.2) is 62.1 Å². The molecular formula is C33H33FN8O2S. The third-order valence-electron chi connectivity index (χ3n) is 8.44. The van der Waals surface area contributed by atoms with Crippen LogP contribution in [0.3, 0.4) is 0 Å². The maximum atomic E-state index is 14.6. The second-order valence-electron chi connectivity index (χ2n) is 12.0. The molecule has 1 aliphatic carbocycles. The van der Waals surface area contributed by atoms with Crippen LogP contribution >= 0.6 is 0 Å². The quantitative estimate of drug-likeness (QED) is 0.178. The number of aromatic nitrogens is 7. The number of aromatic amines is 2. The summed E-state index contributed by atoms with van der Waals surface area (Å²) in [4.78, 5) is 21.6. The molecule has 6 aromatic rings. The highest BCUT2D eigenvalue weighted by Crippen LogP contribution is 2.33. The molecule has 5 heterocycles. The van der Waals surface area contributed by atoms with Crippen LogP contribution in [0, 0.1) is 11.7 Å². The molecule has 7 rings (SSSR count). The van der Waals surface area contributed by atoms with E-state index in [0.717, 1.165) is 41.1 Å². The number of halogens is 1. The van der Waals surface area contributed by atoms with Gasteiger partial charge in [0.15, 0.2) is 11.5 Å². The lowest BCUT2D eigenvalue weighted by Crippen LogP contribution is -2.20. The summed E-state index contributed by atoms with van der Waals surface area (Å²) in [6.45, 7) is 1.80. The van der Waals surface area contributed by atoms with Crippen LogP contribution in [0.25, 0.3) is 55.8 Å². The van der Waals surface area contributed by atoms with Gasteiger partial charge in [-0.3, -0.25) is 15.1 Å². The van der Waals surface area contributed by atoms with Gasteiger partial charge in [-0.1, -0.05) is 18.9 Å². The second kappa shape index (κ2) is 12.1. The smallest absolute Gasteiger partial charge is 0.181 e. The van der Waals surface area contributed by atoms with E-state index >= 15 is 0 Å². The van der Waals surface area contributed by atoms with Gasteiger partial charge in [-0.15, -0.1) is 0 Å². The zero-order valence-electron chi connectivity index (χ0n) is 24.8. The van der Waals surface area contributed by atoms with Crippen LogP contribution < -0.4 is 5.32 Å². The fourth-order valence-electron chi connectivity index (χ4n) is 6.13. The molecule has 0 amide bonds. The summed E-state index contributed by atoms with van der Waals surface area (Å²) >= 11 is 0. The van der Waals surface area contributed by atoms with E-state index in [9.17, 15) is 12.8 Å². The highest BCUT2D eigenvalue weighted by molar-refractivity contribution is 7.90. The number of fused-ring (bicyclic) bond motifs is 2. The summed E-state index contributed by atoms with van der Waals surface area (Å²) < 4.78 is 38.0. The van der Waals surface area contributed by atoms with Crippen molar-refractivity contribution in [2.24, 2.45) is 5.92 Å². The largest absolute Gasteiger partial charge is 0.335 e. The fourth-order valence-corrected chi connectivity index (χ4v) is 6.74. The van der Waals surface area contributed by atoms with Crippen molar-refractivity contribution in [3.05, 3.63) is 78.3 Å². The first-order valence-corrected chi connectivity index (χ1v) is 17.2. The molecule has 1 fully saturated rings. The van der Waals surface area contributed by atoms with Crippen molar-refractivity contribution >= 4 is 31.9 Å². The molecule has 0 bridgehead atoms. The van der Waals surface area contributed by atoms with Crippen LogP contribution in [0.1, 0.15) is 36.8 Å². The van der Waals surface area contributed by atoms with Gasteiger partial charge in [-0.2, -0.15) is 5.10 Å². The fraction of sp³-hybridized carbons (Fsp3) is 0.303. The number of H-pyrrole nitrogens is 2. The lowest BCUT2D eigenvalue weighted by Gasteiger charge is -2.11. The highest BCUT2D eigenvalue weighted by Gasteiger charge is 2.18. The molecule has 1 aromatic carbocycles. The number of pyridine rings is 3. The molecule has 0 aliphatic heterocycles. The molecule has 0 unspecified atom stereocenters. The minimum absolute atomic E-state index is 0.0640. The van der Waals surface area contributed by atoms with E-state index < -0.39 is 15.7 Å². The van der Waals surface area contributed by atoms with Gasteiger partial charge in [0, 0.05) is 54.3 Å². The van der Waals surface area contributed by atoms with Gasteiger partial charge in [0.05, 0.1) is 28.4 Å². The number of sulfone groups is 1. The Balaban J connectivity index is 1.19. The summed E-state index contributed by atoms with van der Waals surface area (Å²) in [5, 5.41) is 11.9. The third-order valence-corrected chi connectivity index (χ3v) is 9.38. The third kappa shape index (κ3) is 6.47. The first-order valence-electron chi connectivity index (χ1n) is 15.1. The molecule has 3 N–H and O–H groups in total. The first kappa shape index (κ1) is 29.2. The van der Waals surface area contributed by atoms with Gasteiger partial charge in [-0.05, 0) is 72.7 Å². The monoisotopic (exact) mass is 624 g/mol. The average molecular weight is 625 g/mol. The maximum absolute atomic E-state index is 14.6. The van der Waals surface area contributed by atoms with E-state index in [2.05, 4.69) is 41.5 Å². The summed E-state index contributed by atoms with van der Waals surface area (Å²) in [7, 11) is -3.19. The van der Waals surface area contributed by atoms with Crippen molar-refractivity contribution in [2.75, 3.05) is 18.6 Å². The zero-order chi connectivity index (χ0) is 31.0. The van der Waals surface area contributed by atoms with E-state index in [1.807, 2.05) is 18.5 Å². The topological polar surface area (TPSA) is 142 Å². The van der Waals surface area contributed by atoms with E-state index in [-0.39, 0.29) is 12.2 Å². The highest BCUT2D eigenvalue weighted by atomic mass is 32.2. The number of nitrogens with zero attached hydrogens (tertiary/aromatic N) is 5. The average Bonchev–Trinajstić information content (AvgIpc) is 3.79. The number of rotatable bonds is 10. The molecule has 5 aromatic heterocycles. The van der Waals surface area contributed by atoms with Gasteiger partial charge >= 0.3 is 0 Å². The number of aryl methyl sites for hydroxylation is 1. The molecule has 0 spiro atoms. The predicted molar refractivity (Wildman–Crippen MR) is 172 cm³/mol. The minimum atomic E-state index is -3.19. The number of hydrogen-bond donors (Lipinski definition) is 3. The number of hydrogen-bond acceptors (Lipinski definition) is 8. The molecular weight excluding hydrogens is 591 g/mol. The molecule has 1 aliphatic rings. The molecule has 1 saturated carbocycles. The Morgan fingerprint density at radius 1 is 0.933 bits per heavy atom. The Labute approximate surface area is 259 Å². The standard InChI is InChI=1S/C33H33FN8O2S/c1-45(43,44)7-6-21-8-23(11-26(34)10-21)28-18-37-19-29-30(28)40-33(39-29)31-27-12-25(17-38-32(27)42-41-31)24-9-22(15-36-16-24)14-35-13-20-4-2-3-5-20/h8-12,15-20,35H,2-7,13-14H2,1H3,(H,39,40)(H,38,41,42). The van der Waals surface area contributed by atoms with Crippen LogP contribution in [0.4, 0.5) is 4.39 Å². The molecule has 10 nitrogen and oxygen atoms in total. The van der Waals surface area contributed by atoms with E-state index in [1.165, 1.54) is 44.1 Å². The zero-order valence-corrected chi connectivity index (χ0v) is 25.7. The SMILES string of the molecule is CS(=O)(=O)CCc1cc(F)cc(-c2cncc3[nH]c(-c4[nH]nc5ncc(-c6cncc(CNCC7CCCC7)c6)cc45)nc23)c1. The van der Waals surface area contributed by atoms with Crippen LogP contribution in [0.15, 0.2) is 61.3 Å². The minimum Gasteiger partial charge on any atom is -0.335 e. The summed E-state index contributed by atoms with van der Waals surface area (Å²) in [6, 6.07) is 8.72. The van der Waals surface area contributed by atoms with Gasteiger partial charge in [-0.25, -0.2) is 22.8 Å². The predicted octanol–water partition coefficient (Wildman–Crippen LogP) is 5.63. The molecule has 12 heteroatoms. The van der Waals surface area contributed by atoms with E-state index in [4.69, 9.17) is 4.98 Å². The van der Waals surface area contributed by atoms with Crippen LogP contribution in [-0.2, 0) is 22.8 Å². The van der Waals surface area contributed by atoms with Gasteiger partial charge in [0.1, 0.15) is 21.3 Å². The molecule has 0 radical (unpaired) electrons. The lowest BCUT2D eigenvalue weighted by atomic mass is 10.0. The summed E-state index contributed by atoms with van der Waals surface area (Å²) in [6.07, 6.45) is 15.5. The van der Waals surface area contributed by atoms with Crippen LogP contribution in [0.2, 0.25) is 0 Å². The van der Waals surface area contributed by atoms with Gasteiger partial charge < -0.3 is 10.3 Å². The number of imidazole rings is 1. The Morgan fingerprint density at radius 2 is 1.73 bits per heavy atom. The van der Waals surface area contributed by atoms with Crippen molar-refractivity contribution in [2.45, 2.75) is 38.6 Å². The van der Waals surface area contributed by atoms with Crippen molar-refractivity contribution < 1.29 is 12.8 Å². The first-order chi connectivity index (χ1) is 21.8. The van der Waals surface area contributed by atoms with Crippen molar-refractivity contribution in [3.8, 4) is 33.8 Å². The normalized spacial score (nSPS) is 14.2. The Kier molecular flexibility index (Phi) is 7.84. The van der Waals surface area contributed by atoms with Crippen LogP contribution in [0.5, 0.6) is 0 Å². The number of benzene rings is 1. The van der Waals surface area contributed by atoms with Crippen molar-refractivity contribution in [3.63, 3.8) is 0 Å². The Morgan fingerprint density at radius 3 is 2.58 bits per heavy atom.